The fourth-order valence-corrected chi connectivity index (χ4v) is 4.45. The van der Waals surface area contributed by atoms with Crippen LogP contribution in [0.15, 0.2) is 23.2 Å². The highest BCUT2D eigenvalue weighted by atomic mass is 36.0. The zero-order valence-corrected chi connectivity index (χ0v) is 16.3. The van der Waals surface area contributed by atoms with E-state index in [9.17, 15) is 27.9 Å². The molecule has 3 nitrogen and oxygen atoms in total. The summed E-state index contributed by atoms with van der Waals surface area (Å²) >= 11 is 11.9. The van der Waals surface area contributed by atoms with Gasteiger partial charge in [0.2, 0.25) is 0 Å². The van der Waals surface area contributed by atoms with Crippen LogP contribution < -0.4 is 0 Å². The van der Waals surface area contributed by atoms with E-state index in [-0.39, 0.29) is 21.8 Å². The molecule has 142 valence electrons. The Balaban J connectivity index is 2.80. The first-order chi connectivity index (χ1) is 12.0. The molecule has 2 aromatic rings. The van der Waals surface area contributed by atoms with Crippen LogP contribution >= 0.6 is 53.0 Å². The molecular formula is C14H8Cl4F4N2OS. The number of benzene rings is 1. The largest absolute Gasteiger partial charge is 0.416 e. The van der Waals surface area contributed by atoms with E-state index < -0.39 is 42.9 Å². The minimum atomic E-state index is -4.68. The maximum atomic E-state index is 13.2. The summed E-state index contributed by atoms with van der Waals surface area (Å²) in [5.41, 5.74) is -1.49. The Morgan fingerprint density at radius 1 is 1.19 bits per heavy atom. The molecule has 12 heteroatoms. The summed E-state index contributed by atoms with van der Waals surface area (Å²) < 4.78 is 52.9. The number of hydrogen-bond donors (Lipinski definition) is 1. The van der Waals surface area contributed by atoms with Gasteiger partial charge in [-0.25, -0.2) is 4.39 Å². The van der Waals surface area contributed by atoms with Crippen LogP contribution in [0.2, 0.25) is 10.0 Å². The average molecular weight is 470 g/mol. The predicted molar refractivity (Wildman–Crippen MR) is 95.0 cm³/mol. The minimum absolute atomic E-state index is 0.0855. The fourth-order valence-electron chi connectivity index (χ4n) is 2.24. The molecule has 0 saturated heterocycles. The lowest BCUT2D eigenvalue weighted by Crippen LogP contribution is -2.07. The van der Waals surface area contributed by atoms with Gasteiger partial charge in [0.1, 0.15) is 12.1 Å². The molecule has 0 aliphatic rings. The van der Waals surface area contributed by atoms with Crippen LogP contribution in [-0.4, -0.2) is 15.7 Å². The lowest BCUT2D eigenvalue weighted by molar-refractivity contribution is -0.137. The summed E-state index contributed by atoms with van der Waals surface area (Å²) in [4.78, 5) is -0.0954. The van der Waals surface area contributed by atoms with Gasteiger partial charge < -0.3 is 9.67 Å². The molecule has 0 unspecified atom stereocenters. The van der Waals surface area contributed by atoms with Crippen molar-refractivity contribution in [1.82, 2.24) is 4.57 Å². The zero-order valence-electron chi connectivity index (χ0n) is 12.4. The molecule has 0 amide bonds. The van der Waals surface area contributed by atoms with Crippen molar-refractivity contribution in [2.24, 2.45) is 0 Å². The second kappa shape index (κ2) is 7.66. The highest BCUT2D eigenvalue weighted by Crippen LogP contribution is 2.66. The summed E-state index contributed by atoms with van der Waals surface area (Å²) in [6.45, 7) is -0.716. The third kappa shape index (κ3) is 3.88. The lowest BCUT2D eigenvalue weighted by atomic mass is 10.2. The van der Waals surface area contributed by atoms with E-state index in [0.717, 1.165) is 10.8 Å². The van der Waals surface area contributed by atoms with Crippen LogP contribution in [0, 0.1) is 11.3 Å². The Morgan fingerprint density at radius 3 is 2.12 bits per heavy atom. The standard InChI is InChI=1S/C14H8Cl4F4N2OS/c15-9-1-7(14(20,21)22)2-10(16)13(9)24-4-12(26(17,18)6-19)8(3-23)11(24)5-25/h1-2,4,25H,5-6H2. The van der Waals surface area contributed by atoms with Gasteiger partial charge in [-0.15, -0.1) is 0 Å². The average Bonchev–Trinajstić information content (AvgIpc) is 2.92. The van der Waals surface area contributed by atoms with Crippen molar-refractivity contribution < 1.29 is 22.7 Å². The molecule has 1 aromatic carbocycles. The van der Waals surface area contributed by atoms with Gasteiger partial charge in [0, 0.05) is 6.20 Å². The molecule has 0 aliphatic carbocycles. The highest BCUT2D eigenvalue weighted by molar-refractivity contribution is 8.65. The van der Waals surface area contributed by atoms with E-state index in [4.69, 9.17) is 44.6 Å². The van der Waals surface area contributed by atoms with Gasteiger partial charge in [0.25, 0.3) is 0 Å². The zero-order chi connectivity index (χ0) is 19.9. The summed E-state index contributed by atoms with van der Waals surface area (Å²) in [6.07, 6.45) is -3.54. The van der Waals surface area contributed by atoms with Crippen molar-refractivity contribution in [1.29, 1.82) is 5.26 Å². The second-order valence-corrected chi connectivity index (χ2v) is 11.2. The first-order valence-electron chi connectivity index (χ1n) is 6.56. The minimum Gasteiger partial charge on any atom is -0.390 e. The topological polar surface area (TPSA) is 49.0 Å². The molecule has 1 aromatic heterocycles. The molecule has 1 N–H and O–H groups in total. The van der Waals surface area contributed by atoms with Crippen LogP contribution in [0.25, 0.3) is 5.69 Å². The molecule has 0 radical (unpaired) electrons. The molecule has 2 rings (SSSR count). The fraction of sp³-hybridized carbons (Fsp3) is 0.214. The van der Waals surface area contributed by atoms with Gasteiger partial charge in [-0.05, 0) is 42.0 Å². The van der Waals surface area contributed by atoms with E-state index in [0.29, 0.717) is 12.1 Å². The summed E-state index contributed by atoms with van der Waals surface area (Å²) in [7, 11) is 8.81. The number of alkyl halides is 4. The van der Waals surface area contributed by atoms with Gasteiger partial charge in [0.05, 0.1) is 44.1 Å². The van der Waals surface area contributed by atoms with Gasteiger partial charge in [-0.2, -0.15) is 18.4 Å². The summed E-state index contributed by atoms with van der Waals surface area (Å²) in [6, 6.07) is 1.88. The Labute approximate surface area is 165 Å². The van der Waals surface area contributed by atoms with Crippen molar-refractivity contribution in [3.8, 4) is 11.8 Å². The number of halogens is 8. The molecule has 0 spiro atoms. The molecule has 0 bridgehead atoms. The van der Waals surface area contributed by atoms with E-state index in [1.807, 2.05) is 0 Å². The number of rotatable bonds is 4. The smallest absolute Gasteiger partial charge is 0.390 e. The van der Waals surface area contributed by atoms with E-state index in [2.05, 4.69) is 0 Å². The molecule has 0 fully saturated rings. The Bertz CT molecular complexity index is 869. The van der Waals surface area contributed by atoms with Crippen LogP contribution in [0.1, 0.15) is 16.8 Å². The number of nitriles is 1. The SMILES string of the molecule is N#Cc1c(S(Cl)(Cl)CF)cn(-c2c(Cl)cc(C(F)(F)F)cc2Cl)c1CO. The Kier molecular flexibility index (Phi) is 6.33. The third-order valence-corrected chi connectivity index (χ3v) is 6.67. The molecular weight excluding hydrogens is 462 g/mol. The van der Waals surface area contributed by atoms with Crippen LogP contribution in [0.5, 0.6) is 0 Å². The number of aliphatic hydroxyl groups excluding tert-OH is 1. The number of aliphatic hydroxyl groups is 1. The third-order valence-electron chi connectivity index (χ3n) is 3.38. The van der Waals surface area contributed by atoms with Crippen LogP contribution in [0.4, 0.5) is 17.6 Å². The normalized spacial score (nSPS) is 12.9. The molecule has 26 heavy (non-hydrogen) atoms. The maximum Gasteiger partial charge on any atom is 0.416 e. The van der Waals surface area contributed by atoms with Gasteiger partial charge >= 0.3 is 6.18 Å². The van der Waals surface area contributed by atoms with Crippen molar-refractivity contribution in [3.63, 3.8) is 0 Å². The van der Waals surface area contributed by atoms with E-state index in [1.165, 1.54) is 0 Å². The molecule has 1 heterocycles. The van der Waals surface area contributed by atoms with Crippen molar-refractivity contribution in [3.05, 3.63) is 45.2 Å². The second-order valence-electron chi connectivity index (χ2n) is 4.93. The first-order valence-corrected chi connectivity index (χ1v) is 10.8. The number of aromatic nitrogens is 1. The predicted octanol–water partition coefficient (Wildman–Crippen LogP) is 6.56. The number of nitrogens with zero attached hydrogens (tertiary/aromatic N) is 2. The van der Waals surface area contributed by atoms with Crippen LogP contribution in [0.3, 0.4) is 0 Å². The Hall–Kier alpha value is -0.820. The van der Waals surface area contributed by atoms with Crippen LogP contribution in [-0.2, 0) is 12.8 Å². The first kappa shape index (κ1) is 21.5. The number of hydrogen-bond acceptors (Lipinski definition) is 2. The molecule has 0 atom stereocenters. The van der Waals surface area contributed by atoms with Gasteiger partial charge in [-0.1, -0.05) is 23.2 Å². The highest BCUT2D eigenvalue weighted by Gasteiger charge is 2.34. The van der Waals surface area contributed by atoms with Crippen molar-refractivity contribution in [2.45, 2.75) is 17.7 Å². The maximum absolute atomic E-state index is 13.2. The Morgan fingerprint density at radius 2 is 1.73 bits per heavy atom. The van der Waals surface area contributed by atoms with Gasteiger partial charge in [0.15, 0.2) is 0 Å². The van der Waals surface area contributed by atoms with Crippen molar-refractivity contribution in [2.75, 3.05) is 6.01 Å². The summed E-state index contributed by atoms with van der Waals surface area (Å²) in [5, 5.41) is 18.1. The lowest BCUT2D eigenvalue weighted by Gasteiger charge is -2.19. The van der Waals surface area contributed by atoms with Crippen molar-refractivity contribution >= 4 is 53.0 Å². The van der Waals surface area contributed by atoms with E-state index in [1.54, 1.807) is 6.07 Å². The van der Waals surface area contributed by atoms with Gasteiger partial charge in [-0.3, -0.25) is 0 Å². The monoisotopic (exact) mass is 468 g/mol. The quantitative estimate of drug-likeness (QED) is 0.515. The molecule has 0 aliphatic heterocycles. The summed E-state index contributed by atoms with van der Waals surface area (Å²) in [5.74, 6) is 0. The van der Waals surface area contributed by atoms with E-state index >= 15 is 0 Å². The molecule has 0 saturated carbocycles.